The van der Waals surface area contributed by atoms with Gasteiger partial charge in [-0.1, -0.05) is 20.8 Å². The fourth-order valence-electron chi connectivity index (χ4n) is 3.11. The molecule has 1 N–H and O–H groups in total. The molecule has 2 saturated heterocycles. The lowest BCUT2D eigenvalue weighted by Gasteiger charge is -2.39. The van der Waals surface area contributed by atoms with Crippen LogP contribution in [0.2, 0.25) is 18.1 Å². The summed E-state index contributed by atoms with van der Waals surface area (Å²) in [5.41, 5.74) is 0. The highest BCUT2D eigenvalue weighted by Gasteiger charge is 2.45. The number of carbonyl (C=O) groups excluding carboxylic acids is 1. The average Bonchev–Trinajstić information content (AvgIpc) is 3.03. The first-order valence-corrected chi connectivity index (χ1v) is 12.2. The number of cyclic esters (lactones) is 1. The van der Waals surface area contributed by atoms with Crippen LogP contribution in [-0.2, 0) is 23.4 Å². The Bertz CT molecular complexity index is 467. The first-order valence-electron chi connectivity index (χ1n) is 9.27. The van der Waals surface area contributed by atoms with Crippen molar-refractivity contribution in [3.8, 4) is 0 Å². The molecule has 0 radical (unpaired) electrons. The number of aliphatic hydroxyl groups is 1. The Morgan fingerprint density at radius 1 is 1.32 bits per heavy atom. The van der Waals surface area contributed by atoms with E-state index >= 15 is 0 Å². The number of hydrogen-bond donors (Lipinski definition) is 1. The van der Waals surface area contributed by atoms with E-state index in [1.54, 1.807) is 0 Å². The summed E-state index contributed by atoms with van der Waals surface area (Å²) >= 11 is 0. The van der Waals surface area contributed by atoms with Crippen molar-refractivity contribution in [2.75, 3.05) is 13.2 Å². The average molecular weight is 375 g/mol. The minimum absolute atomic E-state index is 0.0473. The van der Waals surface area contributed by atoms with E-state index < -0.39 is 26.3 Å². The van der Waals surface area contributed by atoms with Crippen LogP contribution in [0.1, 0.15) is 53.4 Å². The number of aliphatic hydroxyl groups excluding tert-OH is 1. The molecule has 2 fully saturated rings. The molecule has 25 heavy (non-hydrogen) atoms. The lowest BCUT2D eigenvalue weighted by Crippen LogP contribution is -2.44. The van der Waals surface area contributed by atoms with E-state index in [9.17, 15) is 9.90 Å². The van der Waals surface area contributed by atoms with Crippen molar-refractivity contribution in [1.29, 1.82) is 0 Å². The fraction of sp³-hybridized carbons (Fsp3) is 0.944. The first kappa shape index (κ1) is 20.8. The Kier molecular flexibility index (Phi) is 6.37. The van der Waals surface area contributed by atoms with E-state index in [4.69, 9.17) is 18.6 Å². The second kappa shape index (κ2) is 7.64. The maximum Gasteiger partial charge on any atom is 0.308 e. The summed E-state index contributed by atoms with van der Waals surface area (Å²) in [7, 11) is -1.82. The van der Waals surface area contributed by atoms with E-state index in [1.165, 1.54) is 0 Å². The third kappa shape index (κ3) is 5.26. The van der Waals surface area contributed by atoms with Gasteiger partial charge in [-0.2, -0.15) is 0 Å². The standard InChI is InChI=1S/C18H34O6Si/c1-13(24-25(5,6)17(2,3)4)7-8-18(21-9-10-22-18)12-15-14(19)11-16(20)23-15/h13-15,19H,7-12H2,1-6H3/t13-,14+,15+/m1/s1. The summed E-state index contributed by atoms with van der Waals surface area (Å²) in [6.07, 6.45) is 0.632. The topological polar surface area (TPSA) is 74.2 Å². The van der Waals surface area contributed by atoms with Gasteiger partial charge in [-0.25, -0.2) is 0 Å². The zero-order valence-electron chi connectivity index (χ0n) is 16.5. The van der Waals surface area contributed by atoms with Crippen molar-refractivity contribution in [2.24, 2.45) is 0 Å². The van der Waals surface area contributed by atoms with Crippen LogP contribution < -0.4 is 0 Å². The summed E-state index contributed by atoms with van der Waals surface area (Å²) < 4.78 is 23.4. The van der Waals surface area contributed by atoms with Gasteiger partial charge in [0.05, 0.1) is 19.6 Å². The zero-order chi connectivity index (χ0) is 18.9. The van der Waals surface area contributed by atoms with Crippen molar-refractivity contribution in [3.05, 3.63) is 0 Å². The van der Waals surface area contributed by atoms with Crippen molar-refractivity contribution in [1.82, 2.24) is 0 Å². The van der Waals surface area contributed by atoms with Gasteiger partial charge in [0.2, 0.25) is 0 Å². The molecule has 2 heterocycles. The Balaban J connectivity index is 1.92. The number of hydrogen-bond acceptors (Lipinski definition) is 6. The van der Waals surface area contributed by atoms with Gasteiger partial charge < -0.3 is 23.7 Å². The van der Waals surface area contributed by atoms with Crippen LogP contribution in [0.4, 0.5) is 0 Å². The highest BCUT2D eigenvalue weighted by Crippen LogP contribution is 2.39. The molecule has 0 aliphatic carbocycles. The summed E-state index contributed by atoms with van der Waals surface area (Å²) in [5.74, 6) is -1.15. The van der Waals surface area contributed by atoms with Crippen molar-refractivity contribution >= 4 is 14.3 Å². The Morgan fingerprint density at radius 2 is 1.92 bits per heavy atom. The van der Waals surface area contributed by atoms with Crippen LogP contribution in [0.5, 0.6) is 0 Å². The third-order valence-corrected chi connectivity index (χ3v) is 10.3. The molecule has 0 bridgehead atoms. The molecule has 0 saturated carbocycles. The molecule has 3 atom stereocenters. The SMILES string of the molecule is C[C@H](CCC1(C[C@@H]2OC(=O)C[C@@H]2O)OCCO1)O[Si](C)(C)C(C)(C)C. The normalized spacial score (nSPS) is 28.2. The van der Waals surface area contributed by atoms with Gasteiger partial charge in [0.15, 0.2) is 14.1 Å². The van der Waals surface area contributed by atoms with Crippen LogP contribution >= 0.6 is 0 Å². The monoisotopic (exact) mass is 374 g/mol. The van der Waals surface area contributed by atoms with Crippen molar-refractivity contribution in [2.45, 2.75) is 95.6 Å². The minimum atomic E-state index is -1.82. The van der Waals surface area contributed by atoms with E-state index in [0.29, 0.717) is 26.1 Å². The van der Waals surface area contributed by atoms with Crippen LogP contribution in [0.3, 0.4) is 0 Å². The summed E-state index contributed by atoms with van der Waals surface area (Å²) in [5, 5.41) is 10.1. The van der Waals surface area contributed by atoms with Gasteiger partial charge in [0.25, 0.3) is 0 Å². The maximum atomic E-state index is 11.4. The summed E-state index contributed by atoms with van der Waals surface area (Å²) in [4.78, 5) is 11.4. The van der Waals surface area contributed by atoms with Crippen LogP contribution in [0.15, 0.2) is 0 Å². The van der Waals surface area contributed by atoms with E-state index in [1.807, 2.05) is 0 Å². The molecule has 6 nitrogen and oxygen atoms in total. The Hall–Kier alpha value is -0.473. The van der Waals surface area contributed by atoms with Crippen molar-refractivity contribution < 1.29 is 28.5 Å². The molecule has 2 rings (SSSR count). The molecule has 0 unspecified atom stereocenters. The van der Waals surface area contributed by atoms with Gasteiger partial charge in [0.1, 0.15) is 12.2 Å². The minimum Gasteiger partial charge on any atom is -0.459 e. The number of esters is 1. The zero-order valence-corrected chi connectivity index (χ0v) is 17.5. The van der Waals surface area contributed by atoms with Crippen LogP contribution in [0, 0.1) is 0 Å². The quantitative estimate of drug-likeness (QED) is 0.545. The molecule has 7 heteroatoms. The lowest BCUT2D eigenvalue weighted by atomic mass is 9.98. The smallest absolute Gasteiger partial charge is 0.308 e. The molecule has 0 aromatic rings. The van der Waals surface area contributed by atoms with E-state index in [-0.39, 0.29) is 23.5 Å². The summed E-state index contributed by atoms with van der Waals surface area (Å²) in [6.45, 7) is 14.3. The highest BCUT2D eigenvalue weighted by molar-refractivity contribution is 6.74. The molecule has 2 aliphatic heterocycles. The third-order valence-electron chi connectivity index (χ3n) is 5.65. The molecule has 146 valence electrons. The number of ether oxygens (including phenoxy) is 3. The molecule has 0 spiro atoms. The largest absolute Gasteiger partial charge is 0.459 e. The predicted molar refractivity (Wildman–Crippen MR) is 96.7 cm³/mol. The maximum absolute atomic E-state index is 11.4. The Labute approximate surface area is 152 Å². The molecule has 0 amide bonds. The van der Waals surface area contributed by atoms with Crippen molar-refractivity contribution in [3.63, 3.8) is 0 Å². The molecular formula is C18H34O6Si. The van der Waals surface area contributed by atoms with Crippen LogP contribution in [0.25, 0.3) is 0 Å². The number of carbonyl (C=O) groups is 1. The summed E-state index contributed by atoms with van der Waals surface area (Å²) in [6, 6.07) is 0. The predicted octanol–water partition coefficient (Wildman–Crippen LogP) is 2.99. The van der Waals surface area contributed by atoms with Gasteiger partial charge in [0, 0.05) is 18.9 Å². The highest BCUT2D eigenvalue weighted by atomic mass is 28.4. The first-order chi connectivity index (χ1) is 11.4. The molecule has 0 aromatic carbocycles. The number of rotatable bonds is 7. The van der Waals surface area contributed by atoms with E-state index in [2.05, 4.69) is 40.8 Å². The lowest BCUT2D eigenvalue weighted by molar-refractivity contribution is -0.192. The fourth-order valence-corrected chi connectivity index (χ4v) is 4.58. The molecular weight excluding hydrogens is 340 g/mol. The van der Waals surface area contributed by atoms with Crippen LogP contribution in [-0.4, -0.2) is 56.7 Å². The van der Waals surface area contributed by atoms with Gasteiger partial charge in [-0.15, -0.1) is 0 Å². The van der Waals surface area contributed by atoms with E-state index in [0.717, 1.165) is 6.42 Å². The second-order valence-electron chi connectivity index (χ2n) is 8.84. The van der Waals surface area contributed by atoms with Gasteiger partial charge >= 0.3 is 5.97 Å². The van der Waals surface area contributed by atoms with Gasteiger partial charge in [-0.3, -0.25) is 4.79 Å². The Morgan fingerprint density at radius 3 is 2.40 bits per heavy atom. The molecule has 2 aliphatic rings. The molecule has 0 aromatic heterocycles. The van der Waals surface area contributed by atoms with Gasteiger partial charge in [-0.05, 0) is 31.5 Å². The second-order valence-corrected chi connectivity index (χ2v) is 13.6.